The molecule has 0 saturated carbocycles. The minimum atomic E-state index is -0.764. The minimum absolute atomic E-state index is 0.0974. The van der Waals surface area contributed by atoms with Crippen LogP contribution in [0.1, 0.15) is 24.0 Å². The Morgan fingerprint density at radius 2 is 1.69 bits per heavy atom. The summed E-state index contributed by atoms with van der Waals surface area (Å²) in [4.78, 5) is 17.6. The second kappa shape index (κ2) is 10.4. The van der Waals surface area contributed by atoms with E-state index in [1.807, 2.05) is 72.7 Å². The Morgan fingerprint density at radius 1 is 1.00 bits per heavy atom. The molecule has 0 amide bonds. The zero-order valence-corrected chi connectivity index (χ0v) is 16.7. The van der Waals surface area contributed by atoms with E-state index in [9.17, 15) is 4.79 Å². The van der Waals surface area contributed by atoms with E-state index in [0.717, 1.165) is 23.5 Å². The number of carboxylic acids is 1. The first kappa shape index (κ1) is 20.6. The van der Waals surface area contributed by atoms with Gasteiger partial charge in [0.15, 0.2) is 0 Å². The maximum atomic E-state index is 11.0. The van der Waals surface area contributed by atoms with Crippen LogP contribution in [0.5, 0.6) is 0 Å². The van der Waals surface area contributed by atoms with Gasteiger partial charge in [0.25, 0.3) is 0 Å². The van der Waals surface area contributed by atoms with Gasteiger partial charge in [-0.25, -0.2) is 4.98 Å². The quantitative estimate of drug-likeness (QED) is 0.537. The highest BCUT2D eigenvalue weighted by Crippen LogP contribution is 2.21. The molecule has 1 heterocycles. The Hall–Kier alpha value is -3.18. The number of rotatable bonds is 10. The van der Waals surface area contributed by atoms with Gasteiger partial charge >= 0.3 is 5.97 Å². The van der Waals surface area contributed by atoms with Crippen molar-refractivity contribution < 1.29 is 9.90 Å². The Balaban J connectivity index is 1.60. The molecule has 3 rings (SSSR count). The summed E-state index contributed by atoms with van der Waals surface area (Å²) in [7, 11) is 2.00. The molecule has 0 fully saturated rings. The number of carbonyl (C=O) groups is 1. The smallest absolute Gasteiger partial charge is 0.303 e. The highest BCUT2D eigenvalue weighted by Gasteiger charge is 2.12. The van der Waals surface area contributed by atoms with Gasteiger partial charge in [-0.15, -0.1) is 0 Å². The topological polar surface area (TPSA) is 65.5 Å². The normalized spacial score (nSPS) is 11.8. The van der Waals surface area contributed by atoms with Gasteiger partial charge in [0.05, 0.1) is 0 Å². The Kier molecular flexibility index (Phi) is 7.36. The molecule has 2 N–H and O–H groups in total. The lowest BCUT2D eigenvalue weighted by Crippen LogP contribution is -2.31. The van der Waals surface area contributed by atoms with Crippen molar-refractivity contribution >= 4 is 17.5 Å². The van der Waals surface area contributed by atoms with Crippen molar-refractivity contribution in [2.24, 2.45) is 0 Å². The van der Waals surface area contributed by atoms with Crippen LogP contribution in [-0.4, -0.2) is 29.1 Å². The van der Waals surface area contributed by atoms with Gasteiger partial charge in [-0.05, 0) is 42.2 Å². The third kappa shape index (κ3) is 6.43. The predicted octanol–water partition coefficient (Wildman–Crippen LogP) is 4.42. The number of aliphatic carboxylic acids is 1. The van der Waals surface area contributed by atoms with Gasteiger partial charge in [0.1, 0.15) is 5.82 Å². The molecule has 0 aliphatic carbocycles. The number of hydrogen-bond acceptors (Lipinski definition) is 4. The summed E-state index contributed by atoms with van der Waals surface area (Å²) in [6, 6.07) is 24.4. The van der Waals surface area contributed by atoms with Crippen molar-refractivity contribution in [1.82, 2.24) is 10.3 Å². The molecule has 0 spiro atoms. The van der Waals surface area contributed by atoms with E-state index in [2.05, 4.69) is 28.5 Å². The monoisotopic (exact) mass is 389 g/mol. The fourth-order valence-corrected chi connectivity index (χ4v) is 3.24. The predicted molar refractivity (Wildman–Crippen MR) is 116 cm³/mol. The average Bonchev–Trinajstić information content (AvgIpc) is 2.77. The summed E-state index contributed by atoms with van der Waals surface area (Å²) in [5, 5.41) is 12.6. The Labute approximate surface area is 172 Å². The van der Waals surface area contributed by atoms with Crippen molar-refractivity contribution in [2.75, 3.05) is 11.9 Å². The van der Waals surface area contributed by atoms with E-state index < -0.39 is 5.97 Å². The fraction of sp³-hybridized carbons (Fsp3) is 0.250. The van der Waals surface area contributed by atoms with Crippen LogP contribution in [-0.2, 0) is 17.8 Å². The SMILES string of the molecule is CN(c1ccccc1)c1ccc(CNC(CCC(=O)O)Cc2ccccc2)cn1. The maximum Gasteiger partial charge on any atom is 0.303 e. The summed E-state index contributed by atoms with van der Waals surface area (Å²) < 4.78 is 0. The summed E-state index contributed by atoms with van der Waals surface area (Å²) >= 11 is 0. The van der Waals surface area contributed by atoms with Gasteiger partial charge in [-0.2, -0.15) is 0 Å². The number of pyridine rings is 1. The number of carboxylic acid groups (broad SMARTS) is 1. The molecule has 5 heteroatoms. The molecule has 2 aromatic carbocycles. The minimum Gasteiger partial charge on any atom is -0.481 e. The van der Waals surface area contributed by atoms with Gasteiger partial charge in [0.2, 0.25) is 0 Å². The number of para-hydroxylation sites is 1. The first-order chi connectivity index (χ1) is 14.1. The number of benzene rings is 2. The second-order valence-electron chi connectivity index (χ2n) is 7.12. The molecule has 3 aromatic rings. The molecule has 0 aliphatic rings. The lowest BCUT2D eigenvalue weighted by atomic mass is 10.0. The molecule has 5 nitrogen and oxygen atoms in total. The summed E-state index contributed by atoms with van der Waals surface area (Å²) in [6.07, 6.45) is 3.42. The van der Waals surface area contributed by atoms with Crippen LogP contribution in [0.2, 0.25) is 0 Å². The van der Waals surface area contributed by atoms with Gasteiger partial charge in [-0.1, -0.05) is 54.6 Å². The lowest BCUT2D eigenvalue weighted by molar-refractivity contribution is -0.137. The molecular weight excluding hydrogens is 362 g/mol. The first-order valence-electron chi connectivity index (χ1n) is 9.84. The third-order valence-electron chi connectivity index (χ3n) is 4.92. The summed E-state index contributed by atoms with van der Waals surface area (Å²) in [5.41, 5.74) is 3.36. The largest absolute Gasteiger partial charge is 0.481 e. The van der Waals surface area contributed by atoms with E-state index in [1.54, 1.807) is 0 Å². The number of hydrogen-bond donors (Lipinski definition) is 2. The van der Waals surface area contributed by atoms with Crippen molar-refractivity contribution in [3.8, 4) is 0 Å². The Bertz CT molecular complexity index is 883. The molecule has 29 heavy (non-hydrogen) atoms. The first-order valence-corrected chi connectivity index (χ1v) is 9.84. The van der Waals surface area contributed by atoms with Gasteiger partial charge in [0, 0.05) is 37.9 Å². The van der Waals surface area contributed by atoms with Gasteiger partial charge < -0.3 is 15.3 Å². The molecule has 0 aliphatic heterocycles. The zero-order chi connectivity index (χ0) is 20.5. The second-order valence-corrected chi connectivity index (χ2v) is 7.12. The molecular formula is C24H27N3O2. The van der Waals surface area contributed by atoms with Gasteiger partial charge in [-0.3, -0.25) is 4.79 Å². The van der Waals surface area contributed by atoms with E-state index in [0.29, 0.717) is 13.0 Å². The highest BCUT2D eigenvalue weighted by atomic mass is 16.4. The van der Waals surface area contributed by atoms with Crippen LogP contribution >= 0.6 is 0 Å². The number of nitrogens with zero attached hydrogens (tertiary/aromatic N) is 2. The van der Waals surface area contributed by atoms with Crippen LogP contribution < -0.4 is 10.2 Å². The van der Waals surface area contributed by atoms with Crippen LogP contribution in [0.3, 0.4) is 0 Å². The van der Waals surface area contributed by atoms with E-state index in [1.165, 1.54) is 5.56 Å². The standard InChI is InChI=1S/C24H27N3O2/c1-27(22-10-6-3-7-11-22)23-14-12-20(18-26-23)17-25-21(13-15-24(28)29)16-19-8-4-2-5-9-19/h2-12,14,18,21,25H,13,15-17H2,1H3,(H,28,29). The van der Waals surface area contributed by atoms with Crippen LogP contribution in [0.15, 0.2) is 79.0 Å². The number of aromatic nitrogens is 1. The van der Waals surface area contributed by atoms with Crippen molar-refractivity contribution in [3.05, 3.63) is 90.1 Å². The molecule has 1 aromatic heterocycles. The summed E-state index contributed by atoms with van der Waals surface area (Å²) in [6.45, 7) is 0.652. The van der Waals surface area contributed by atoms with E-state index in [-0.39, 0.29) is 12.5 Å². The Morgan fingerprint density at radius 3 is 2.31 bits per heavy atom. The van der Waals surface area contributed by atoms with Crippen molar-refractivity contribution in [1.29, 1.82) is 0 Å². The molecule has 0 radical (unpaired) electrons. The van der Waals surface area contributed by atoms with Crippen molar-refractivity contribution in [3.63, 3.8) is 0 Å². The maximum absolute atomic E-state index is 11.0. The molecule has 1 atom stereocenters. The van der Waals surface area contributed by atoms with E-state index in [4.69, 9.17) is 5.11 Å². The highest BCUT2D eigenvalue weighted by molar-refractivity contribution is 5.66. The van der Waals surface area contributed by atoms with Crippen LogP contribution in [0.25, 0.3) is 0 Å². The third-order valence-corrected chi connectivity index (χ3v) is 4.92. The molecule has 0 saturated heterocycles. The number of nitrogens with one attached hydrogen (secondary N) is 1. The molecule has 150 valence electrons. The zero-order valence-electron chi connectivity index (χ0n) is 16.7. The summed E-state index contributed by atoms with van der Waals surface area (Å²) in [5.74, 6) is 0.117. The van der Waals surface area contributed by atoms with E-state index >= 15 is 0 Å². The van der Waals surface area contributed by atoms with Crippen LogP contribution in [0.4, 0.5) is 11.5 Å². The molecule has 0 bridgehead atoms. The molecule has 1 unspecified atom stereocenters. The average molecular weight is 389 g/mol. The lowest BCUT2D eigenvalue weighted by Gasteiger charge is -2.20. The number of anilines is 2. The fourth-order valence-electron chi connectivity index (χ4n) is 3.24. The van der Waals surface area contributed by atoms with Crippen LogP contribution in [0, 0.1) is 0 Å². The van der Waals surface area contributed by atoms with Crippen molar-refractivity contribution in [2.45, 2.75) is 31.8 Å².